The summed E-state index contributed by atoms with van der Waals surface area (Å²) in [5.41, 5.74) is 2.61. The molecule has 4 rings (SSSR count). The van der Waals surface area contributed by atoms with Crippen molar-refractivity contribution in [2.24, 2.45) is 0 Å². The molecule has 0 unspecified atom stereocenters. The van der Waals surface area contributed by atoms with Crippen molar-refractivity contribution in [2.75, 3.05) is 0 Å². The summed E-state index contributed by atoms with van der Waals surface area (Å²) in [6.45, 7) is 0.277. The van der Waals surface area contributed by atoms with Crippen LogP contribution in [0.2, 0.25) is 0 Å². The molecule has 0 spiro atoms. The van der Waals surface area contributed by atoms with Crippen molar-refractivity contribution in [1.29, 1.82) is 0 Å². The number of esters is 1. The molecule has 5 heteroatoms. The molecular weight excluding hydrogens is 428 g/mol. The van der Waals surface area contributed by atoms with Crippen molar-refractivity contribution in [3.8, 4) is 23.0 Å². The SMILES string of the molecule is O=C(CCc1ccccc1OCc1cccc(Oc2ccccc2)c1)Oc1cccc(CO)c1. The van der Waals surface area contributed by atoms with Crippen LogP contribution < -0.4 is 14.2 Å². The molecule has 0 radical (unpaired) electrons. The van der Waals surface area contributed by atoms with E-state index < -0.39 is 0 Å². The van der Waals surface area contributed by atoms with E-state index in [1.165, 1.54) is 0 Å². The van der Waals surface area contributed by atoms with E-state index in [1.807, 2.05) is 78.9 Å². The molecular formula is C29H26O5. The van der Waals surface area contributed by atoms with Crippen LogP contribution in [0.1, 0.15) is 23.1 Å². The van der Waals surface area contributed by atoms with Gasteiger partial charge in [-0.1, -0.05) is 60.7 Å². The Morgan fingerprint density at radius 3 is 2.21 bits per heavy atom. The molecule has 0 atom stereocenters. The van der Waals surface area contributed by atoms with E-state index in [2.05, 4.69) is 0 Å². The van der Waals surface area contributed by atoms with Crippen LogP contribution in [0, 0.1) is 0 Å². The fourth-order valence-corrected chi connectivity index (χ4v) is 3.46. The van der Waals surface area contributed by atoms with Crippen LogP contribution >= 0.6 is 0 Å². The minimum absolute atomic E-state index is 0.0998. The molecule has 0 aliphatic carbocycles. The zero-order chi connectivity index (χ0) is 23.6. The number of para-hydroxylation sites is 2. The number of aryl methyl sites for hydroxylation is 1. The summed E-state index contributed by atoms with van der Waals surface area (Å²) in [5, 5.41) is 9.23. The highest BCUT2D eigenvalue weighted by Gasteiger charge is 2.10. The third kappa shape index (κ3) is 6.70. The smallest absolute Gasteiger partial charge is 0.311 e. The van der Waals surface area contributed by atoms with Gasteiger partial charge in [0.2, 0.25) is 0 Å². The third-order valence-corrected chi connectivity index (χ3v) is 5.16. The monoisotopic (exact) mass is 454 g/mol. The minimum atomic E-state index is -0.337. The lowest BCUT2D eigenvalue weighted by molar-refractivity contribution is -0.134. The fraction of sp³-hybridized carbons (Fsp3) is 0.138. The second kappa shape index (κ2) is 11.7. The third-order valence-electron chi connectivity index (χ3n) is 5.16. The minimum Gasteiger partial charge on any atom is -0.489 e. The maximum atomic E-state index is 12.3. The number of ether oxygens (including phenoxy) is 3. The summed E-state index contributed by atoms with van der Waals surface area (Å²) >= 11 is 0. The van der Waals surface area contributed by atoms with Crippen LogP contribution in [0.15, 0.2) is 103 Å². The van der Waals surface area contributed by atoms with Gasteiger partial charge in [-0.15, -0.1) is 0 Å². The molecule has 0 heterocycles. The molecule has 5 nitrogen and oxygen atoms in total. The number of carbonyl (C=O) groups is 1. The van der Waals surface area contributed by atoms with E-state index in [1.54, 1.807) is 24.3 Å². The average molecular weight is 455 g/mol. The van der Waals surface area contributed by atoms with Crippen molar-refractivity contribution in [3.63, 3.8) is 0 Å². The molecule has 0 aliphatic heterocycles. The van der Waals surface area contributed by atoms with Crippen molar-refractivity contribution in [2.45, 2.75) is 26.1 Å². The Bertz CT molecular complexity index is 1220. The van der Waals surface area contributed by atoms with Gasteiger partial charge in [0, 0.05) is 0 Å². The maximum Gasteiger partial charge on any atom is 0.311 e. The van der Waals surface area contributed by atoms with E-state index in [0.29, 0.717) is 24.3 Å². The molecule has 0 bridgehead atoms. The first kappa shape index (κ1) is 23.1. The number of aliphatic hydroxyl groups excluding tert-OH is 1. The normalized spacial score (nSPS) is 10.5. The molecule has 1 N–H and O–H groups in total. The highest BCUT2D eigenvalue weighted by molar-refractivity contribution is 5.72. The Kier molecular flexibility index (Phi) is 7.93. The number of carbonyl (C=O) groups excluding carboxylic acids is 1. The Morgan fingerprint density at radius 2 is 1.38 bits per heavy atom. The summed E-state index contributed by atoms with van der Waals surface area (Å²) < 4.78 is 17.4. The lowest BCUT2D eigenvalue weighted by Crippen LogP contribution is -2.10. The van der Waals surface area contributed by atoms with Crippen LogP contribution in [0.5, 0.6) is 23.0 Å². The van der Waals surface area contributed by atoms with E-state index in [4.69, 9.17) is 14.2 Å². The van der Waals surface area contributed by atoms with Crippen molar-refractivity contribution in [1.82, 2.24) is 0 Å². The number of hydrogen-bond donors (Lipinski definition) is 1. The first-order chi connectivity index (χ1) is 16.7. The molecule has 0 amide bonds. The maximum absolute atomic E-state index is 12.3. The van der Waals surface area contributed by atoms with Crippen LogP contribution in [0.3, 0.4) is 0 Å². The molecule has 4 aromatic carbocycles. The van der Waals surface area contributed by atoms with Crippen molar-refractivity contribution >= 4 is 5.97 Å². The van der Waals surface area contributed by atoms with Crippen molar-refractivity contribution < 1.29 is 24.1 Å². The predicted molar refractivity (Wildman–Crippen MR) is 130 cm³/mol. The molecule has 0 aromatic heterocycles. The molecule has 34 heavy (non-hydrogen) atoms. The number of benzene rings is 4. The second-order valence-electron chi connectivity index (χ2n) is 7.74. The second-order valence-corrected chi connectivity index (χ2v) is 7.74. The van der Waals surface area contributed by atoms with Gasteiger partial charge < -0.3 is 19.3 Å². The van der Waals surface area contributed by atoms with Crippen molar-refractivity contribution in [3.05, 3.63) is 120 Å². The van der Waals surface area contributed by atoms with Gasteiger partial charge >= 0.3 is 5.97 Å². The Hall–Kier alpha value is -4.09. The van der Waals surface area contributed by atoms with Crippen LogP contribution in [-0.4, -0.2) is 11.1 Å². The first-order valence-electron chi connectivity index (χ1n) is 11.1. The molecule has 0 saturated carbocycles. The van der Waals surface area contributed by atoms with E-state index in [0.717, 1.165) is 28.4 Å². The number of aliphatic hydroxyl groups is 1. The quantitative estimate of drug-likeness (QED) is 0.232. The summed E-state index contributed by atoms with van der Waals surface area (Å²) in [5.74, 6) is 2.34. The Morgan fingerprint density at radius 1 is 0.706 bits per heavy atom. The Labute approximate surface area is 199 Å². The van der Waals surface area contributed by atoms with Gasteiger partial charge in [0.15, 0.2) is 0 Å². The topological polar surface area (TPSA) is 65.0 Å². The summed E-state index contributed by atoms with van der Waals surface area (Å²) in [6.07, 6.45) is 0.704. The highest BCUT2D eigenvalue weighted by Crippen LogP contribution is 2.25. The number of rotatable bonds is 10. The molecule has 172 valence electrons. The van der Waals surface area contributed by atoms with E-state index in [9.17, 15) is 9.90 Å². The van der Waals surface area contributed by atoms with Gasteiger partial charge in [0.05, 0.1) is 13.0 Å². The van der Waals surface area contributed by atoms with E-state index >= 15 is 0 Å². The zero-order valence-corrected chi connectivity index (χ0v) is 18.7. The van der Waals surface area contributed by atoms with Gasteiger partial charge in [-0.2, -0.15) is 0 Å². The first-order valence-corrected chi connectivity index (χ1v) is 11.1. The molecule has 0 aliphatic rings. The summed E-state index contributed by atoms with van der Waals surface area (Å²) in [7, 11) is 0. The predicted octanol–water partition coefficient (Wildman–Crippen LogP) is 6.09. The largest absolute Gasteiger partial charge is 0.489 e. The lowest BCUT2D eigenvalue weighted by Gasteiger charge is -2.12. The van der Waals surface area contributed by atoms with Crippen LogP contribution in [0.25, 0.3) is 0 Å². The van der Waals surface area contributed by atoms with Gasteiger partial charge in [0.1, 0.15) is 29.6 Å². The number of hydrogen-bond acceptors (Lipinski definition) is 5. The van der Waals surface area contributed by atoms with Crippen LogP contribution in [-0.2, 0) is 24.4 Å². The van der Waals surface area contributed by atoms with Gasteiger partial charge in [0.25, 0.3) is 0 Å². The Balaban J connectivity index is 1.33. The standard InChI is InChI=1S/C29H26O5/c30-20-22-8-6-14-27(18-22)34-29(31)17-16-24-10-4-5-15-28(24)32-21-23-9-7-13-26(19-23)33-25-11-2-1-3-12-25/h1-15,18-19,30H,16-17,20-21H2. The molecule has 0 fully saturated rings. The summed E-state index contributed by atoms with van der Waals surface area (Å²) in [4.78, 5) is 12.3. The molecule has 4 aromatic rings. The highest BCUT2D eigenvalue weighted by atomic mass is 16.5. The van der Waals surface area contributed by atoms with Gasteiger partial charge in [-0.25, -0.2) is 0 Å². The summed E-state index contributed by atoms with van der Waals surface area (Å²) in [6, 6.07) is 32.0. The van der Waals surface area contributed by atoms with Gasteiger partial charge in [-0.3, -0.25) is 4.79 Å². The average Bonchev–Trinajstić information content (AvgIpc) is 2.87. The lowest BCUT2D eigenvalue weighted by atomic mass is 10.1. The molecule has 0 saturated heterocycles. The van der Waals surface area contributed by atoms with E-state index in [-0.39, 0.29) is 19.0 Å². The zero-order valence-electron chi connectivity index (χ0n) is 18.7. The van der Waals surface area contributed by atoms with Gasteiger partial charge in [-0.05, 0) is 65.6 Å². The fourth-order valence-electron chi connectivity index (χ4n) is 3.46. The van der Waals surface area contributed by atoms with Crippen LogP contribution in [0.4, 0.5) is 0 Å².